The van der Waals surface area contributed by atoms with Crippen LogP contribution in [0.5, 0.6) is 0 Å². The average molecular weight is 288 g/mol. The topological polar surface area (TPSA) is 53.3 Å². The van der Waals surface area contributed by atoms with Crippen molar-refractivity contribution in [3.05, 3.63) is 53.9 Å². The molecule has 1 atom stereocenters. The quantitative estimate of drug-likeness (QED) is 0.735. The van der Waals surface area contributed by atoms with Crippen LogP contribution in [-0.2, 0) is 16.1 Å². The molecule has 5 nitrogen and oxygen atoms in total. The van der Waals surface area contributed by atoms with Crippen molar-refractivity contribution < 1.29 is 14.3 Å². The summed E-state index contributed by atoms with van der Waals surface area (Å²) in [5.41, 5.74) is 1.57. The van der Waals surface area contributed by atoms with Crippen LogP contribution in [0, 0.1) is 0 Å². The van der Waals surface area contributed by atoms with E-state index in [0.29, 0.717) is 25.5 Å². The van der Waals surface area contributed by atoms with Crippen LogP contribution in [0.25, 0.3) is 0 Å². The van der Waals surface area contributed by atoms with Gasteiger partial charge in [0, 0.05) is 6.20 Å². The van der Waals surface area contributed by atoms with Gasteiger partial charge in [0.1, 0.15) is 5.69 Å². The summed E-state index contributed by atoms with van der Waals surface area (Å²) < 4.78 is 12.3. The number of aromatic nitrogens is 2. The Bertz CT molecular complexity index is 566. The molecule has 0 bridgehead atoms. The summed E-state index contributed by atoms with van der Waals surface area (Å²) in [7, 11) is 0. The van der Waals surface area contributed by atoms with Crippen molar-refractivity contribution in [2.75, 3.05) is 13.2 Å². The summed E-state index contributed by atoms with van der Waals surface area (Å²) in [6.45, 7) is 5.11. The van der Waals surface area contributed by atoms with Crippen molar-refractivity contribution >= 4 is 5.97 Å². The van der Waals surface area contributed by atoms with Crippen LogP contribution >= 0.6 is 0 Å². The molecule has 0 aliphatic heterocycles. The first-order valence-electron chi connectivity index (χ1n) is 7.04. The van der Waals surface area contributed by atoms with Crippen LogP contribution in [0.15, 0.2) is 42.6 Å². The van der Waals surface area contributed by atoms with Crippen molar-refractivity contribution in [1.29, 1.82) is 0 Å². The highest BCUT2D eigenvalue weighted by atomic mass is 16.5. The van der Waals surface area contributed by atoms with Crippen LogP contribution in [0.1, 0.15) is 35.9 Å². The minimum Gasteiger partial charge on any atom is -0.461 e. The van der Waals surface area contributed by atoms with E-state index in [0.717, 1.165) is 5.56 Å². The maximum Gasteiger partial charge on any atom is 0.356 e. The monoisotopic (exact) mass is 288 g/mol. The van der Waals surface area contributed by atoms with E-state index in [1.54, 1.807) is 23.9 Å². The third-order valence-corrected chi connectivity index (χ3v) is 3.04. The predicted molar refractivity (Wildman–Crippen MR) is 79.0 cm³/mol. The molecule has 112 valence electrons. The fraction of sp³-hybridized carbons (Fsp3) is 0.375. The van der Waals surface area contributed by atoms with Crippen LogP contribution in [0.3, 0.4) is 0 Å². The molecule has 0 unspecified atom stereocenters. The van der Waals surface area contributed by atoms with Crippen LogP contribution < -0.4 is 0 Å². The number of hydrogen-bond acceptors (Lipinski definition) is 4. The summed E-state index contributed by atoms with van der Waals surface area (Å²) in [6, 6.07) is 11.6. The van der Waals surface area contributed by atoms with Crippen molar-refractivity contribution in [1.82, 2.24) is 9.78 Å². The molecule has 21 heavy (non-hydrogen) atoms. The molecule has 0 saturated heterocycles. The Labute approximate surface area is 124 Å². The highest BCUT2D eigenvalue weighted by Crippen LogP contribution is 2.12. The Morgan fingerprint density at radius 1 is 1.29 bits per heavy atom. The van der Waals surface area contributed by atoms with E-state index in [1.807, 2.05) is 37.3 Å². The first kappa shape index (κ1) is 15.3. The van der Waals surface area contributed by atoms with Crippen molar-refractivity contribution in [3.63, 3.8) is 0 Å². The van der Waals surface area contributed by atoms with Gasteiger partial charge in [-0.05, 0) is 25.5 Å². The van der Waals surface area contributed by atoms with Gasteiger partial charge in [-0.3, -0.25) is 4.68 Å². The second kappa shape index (κ2) is 7.59. The third kappa shape index (κ3) is 4.16. The molecule has 0 aliphatic carbocycles. The van der Waals surface area contributed by atoms with E-state index >= 15 is 0 Å². The number of hydrogen-bond donors (Lipinski definition) is 0. The molecule has 0 spiro atoms. The highest BCUT2D eigenvalue weighted by molar-refractivity contribution is 5.87. The van der Waals surface area contributed by atoms with Gasteiger partial charge in [-0.1, -0.05) is 30.3 Å². The summed E-state index contributed by atoms with van der Waals surface area (Å²) in [4.78, 5) is 11.8. The highest BCUT2D eigenvalue weighted by Gasteiger charge is 2.17. The van der Waals surface area contributed by atoms with Gasteiger partial charge in [-0.25, -0.2) is 4.79 Å². The average Bonchev–Trinajstić information content (AvgIpc) is 2.98. The lowest BCUT2D eigenvalue weighted by molar-refractivity contribution is 0.0495. The Kier molecular flexibility index (Phi) is 5.51. The van der Waals surface area contributed by atoms with E-state index in [9.17, 15) is 4.79 Å². The lowest BCUT2D eigenvalue weighted by atomic mass is 10.2. The number of carbonyl (C=O) groups is 1. The standard InChI is InChI=1S/C16H20N2O3/c1-3-21-16(19)15-9-10-17-18(15)13(2)11-20-12-14-7-5-4-6-8-14/h4-10,13H,3,11-12H2,1-2H3/t13-/m0/s1. The summed E-state index contributed by atoms with van der Waals surface area (Å²) in [5.74, 6) is -0.357. The lowest BCUT2D eigenvalue weighted by Gasteiger charge is -2.15. The van der Waals surface area contributed by atoms with E-state index in [2.05, 4.69) is 5.10 Å². The molecule has 2 aromatic rings. The number of benzene rings is 1. The summed E-state index contributed by atoms with van der Waals surface area (Å²) in [6.07, 6.45) is 1.60. The van der Waals surface area contributed by atoms with Gasteiger partial charge in [0.25, 0.3) is 0 Å². The van der Waals surface area contributed by atoms with E-state index in [4.69, 9.17) is 9.47 Å². The molecule has 5 heteroatoms. The first-order valence-corrected chi connectivity index (χ1v) is 7.04. The van der Waals surface area contributed by atoms with Gasteiger partial charge in [0.2, 0.25) is 0 Å². The molecule has 1 aromatic heterocycles. The molecular formula is C16H20N2O3. The molecule has 0 aliphatic rings. The maximum absolute atomic E-state index is 11.8. The third-order valence-electron chi connectivity index (χ3n) is 3.04. The maximum atomic E-state index is 11.8. The summed E-state index contributed by atoms with van der Waals surface area (Å²) >= 11 is 0. The Morgan fingerprint density at radius 2 is 2.05 bits per heavy atom. The fourth-order valence-corrected chi connectivity index (χ4v) is 2.02. The molecule has 1 heterocycles. The van der Waals surface area contributed by atoms with Crippen molar-refractivity contribution in [3.8, 4) is 0 Å². The molecule has 0 N–H and O–H groups in total. The van der Waals surface area contributed by atoms with Gasteiger partial charge in [0.15, 0.2) is 0 Å². The SMILES string of the molecule is CCOC(=O)c1ccnn1[C@@H](C)COCc1ccccc1. The van der Waals surface area contributed by atoms with Gasteiger partial charge in [-0.2, -0.15) is 5.10 Å². The number of rotatable bonds is 7. The Balaban J connectivity index is 1.90. The molecule has 0 radical (unpaired) electrons. The molecular weight excluding hydrogens is 268 g/mol. The Hall–Kier alpha value is -2.14. The number of ether oxygens (including phenoxy) is 2. The van der Waals surface area contributed by atoms with Crippen LogP contribution in [-0.4, -0.2) is 29.0 Å². The normalized spacial score (nSPS) is 12.1. The van der Waals surface area contributed by atoms with Gasteiger partial charge in [-0.15, -0.1) is 0 Å². The van der Waals surface area contributed by atoms with Crippen molar-refractivity contribution in [2.24, 2.45) is 0 Å². The van der Waals surface area contributed by atoms with Crippen LogP contribution in [0.2, 0.25) is 0 Å². The minimum absolute atomic E-state index is 0.0388. The molecule has 1 aromatic carbocycles. The van der Waals surface area contributed by atoms with Gasteiger partial charge >= 0.3 is 5.97 Å². The molecule has 0 fully saturated rings. The van der Waals surface area contributed by atoms with E-state index in [1.165, 1.54) is 0 Å². The van der Waals surface area contributed by atoms with Gasteiger partial charge in [0.05, 0.1) is 25.9 Å². The van der Waals surface area contributed by atoms with Crippen LogP contribution in [0.4, 0.5) is 0 Å². The fourth-order valence-electron chi connectivity index (χ4n) is 2.02. The zero-order chi connectivity index (χ0) is 15.1. The first-order chi connectivity index (χ1) is 10.2. The van der Waals surface area contributed by atoms with Gasteiger partial charge < -0.3 is 9.47 Å². The minimum atomic E-state index is -0.357. The largest absolute Gasteiger partial charge is 0.461 e. The zero-order valence-corrected chi connectivity index (χ0v) is 12.4. The summed E-state index contributed by atoms with van der Waals surface area (Å²) in [5, 5.41) is 4.18. The molecule has 0 saturated carbocycles. The molecule has 0 amide bonds. The molecule has 2 rings (SSSR count). The lowest BCUT2D eigenvalue weighted by Crippen LogP contribution is -2.20. The second-order valence-electron chi connectivity index (χ2n) is 4.73. The predicted octanol–water partition coefficient (Wildman–Crippen LogP) is 2.84. The smallest absolute Gasteiger partial charge is 0.356 e. The zero-order valence-electron chi connectivity index (χ0n) is 12.4. The number of esters is 1. The van der Waals surface area contributed by atoms with E-state index < -0.39 is 0 Å². The Morgan fingerprint density at radius 3 is 2.76 bits per heavy atom. The van der Waals surface area contributed by atoms with Crippen molar-refractivity contribution in [2.45, 2.75) is 26.5 Å². The number of nitrogens with zero attached hydrogens (tertiary/aromatic N) is 2. The second-order valence-corrected chi connectivity index (χ2v) is 4.73. The number of carbonyl (C=O) groups excluding carboxylic acids is 1. The van der Waals surface area contributed by atoms with E-state index in [-0.39, 0.29) is 12.0 Å².